The Hall–Kier alpha value is -2.85. The molecule has 2 heterocycles. The molecule has 0 unspecified atom stereocenters. The van der Waals surface area contributed by atoms with E-state index in [-0.39, 0.29) is 23.2 Å². The van der Waals surface area contributed by atoms with Gasteiger partial charge in [-0.2, -0.15) is 5.26 Å². The van der Waals surface area contributed by atoms with E-state index in [1.54, 1.807) is 18.2 Å². The Morgan fingerprint density at radius 2 is 2.20 bits per heavy atom. The number of nitrogens with two attached hydrogens (primary N) is 1. The van der Waals surface area contributed by atoms with Gasteiger partial charge in [-0.1, -0.05) is 29.6 Å². The molecule has 7 heteroatoms. The summed E-state index contributed by atoms with van der Waals surface area (Å²) in [5.74, 6) is -0.194. The summed E-state index contributed by atoms with van der Waals surface area (Å²) in [5, 5.41) is 19.0. The van der Waals surface area contributed by atoms with Crippen LogP contribution in [0.1, 0.15) is 10.6 Å². The number of allylic oxidation sites excluding steroid dienone is 5. The van der Waals surface area contributed by atoms with Crippen molar-refractivity contribution in [1.29, 1.82) is 5.26 Å². The Balaban J connectivity index is 2.15. The summed E-state index contributed by atoms with van der Waals surface area (Å²) < 4.78 is 1.29. The number of carbonyl (C=O) groups is 1. The molecule has 0 amide bonds. The average molecular weight is 284 g/mol. The largest absolute Gasteiger partial charge is 0.493 e. The smallest absolute Gasteiger partial charge is 0.226 e. The van der Waals surface area contributed by atoms with Crippen LogP contribution in [-0.4, -0.2) is 20.3 Å². The number of hydrogen-bond donors (Lipinski definition) is 2. The molecule has 2 aromatic rings. The average Bonchev–Trinajstić information content (AvgIpc) is 2.91. The lowest BCUT2D eigenvalue weighted by Crippen LogP contribution is -1.98. The second kappa shape index (κ2) is 4.36. The van der Waals surface area contributed by atoms with Gasteiger partial charge in [0.15, 0.2) is 10.7 Å². The standard InChI is InChI=1S/C13H8N4O2S/c14-6-10-11(15)17-12(19)8(16-13(17)20-10)5-7-3-1-2-4-9(7)18/h1-5,19H,15H2. The van der Waals surface area contributed by atoms with E-state index in [0.29, 0.717) is 15.4 Å². The van der Waals surface area contributed by atoms with Crippen LogP contribution < -0.4 is 5.73 Å². The summed E-state index contributed by atoms with van der Waals surface area (Å²) in [6, 6.07) is 1.94. The first-order chi connectivity index (χ1) is 9.61. The number of anilines is 1. The quantitative estimate of drug-likeness (QED) is 0.774. The van der Waals surface area contributed by atoms with Gasteiger partial charge in [0.05, 0.1) is 0 Å². The van der Waals surface area contributed by atoms with Gasteiger partial charge in [-0.05, 0) is 12.2 Å². The lowest BCUT2D eigenvalue weighted by molar-refractivity contribution is -0.111. The highest BCUT2D eigenvalue weighted by molar-refractivity contribution is 7.18. The lowest BCUT2D eigenvalue weighted by Gasteiger charge is -2.00. The van der Waals surface area contributed by atoms with Crippen LogP contribution in [0.15, 0.2) is 29.9 Å². The molecule has 0 bridgehead atoms. The molecule has 0 saturated heterocycles. The molecule has 98 valence electrons. The third-order valence-electron chi connectivity index (χ3n) is 2.83. The third-order valence-corrected chi connectivity index (χ3v) is 3.79. The van der Waals surface area contributed by atoms with Crippen molar-refractivity contribution >= 4 is 34.0 Å². The summed E-state index contributed by atoms with van der Waals surface area (Å²) in [6.07, 6.45) is 7.93. The highest BCUT2D eigenvalue weighted by Gasteiger charge is 2.18. The second-order valence-corrected chi connectivity index (χ2v) is 5.03. The number of aromatic hydroxyl groups is 1. The van der Waals surface area contributed by atoms with Crippen molar-refractivity contribution in [3.63, 3.8) is 0 Å². The van der Waals surface area contributed by atoms with Gasteiger partial charge in [-0.25, -0.2) is 9.38 Å². The van der Waals surface area contributed by atoms with Gasteiger partial charge >= 0.3 is 0 Å². The van der Waals surface area contributed by atoms with E-state index in [9.17, 15) is 9.90 Å². The Kier molecular flexibility index (Phi) is 2.66. The molecule has 0 spiro atoms. The summed E-state index contributed by atoms with van der Waals surface area (Å²) in [7, 11) is 0. The summed E-state index contributed by atoms with van der Waals surface area (Å²) in [4.78, 5) is 16.5. The maximum atomic E-state index is 11.6. The highest BCUT2D eigenvalue weighted by Crippen LogP contribution is 2.32. The Labute approximate surface area is 117 Å². The maximum absolute atomic E-state index is 11.6. The zero-order chi connectivity index (χ0) is 14.3. The van der Waals surface area contributed by atoms with E-state index < -0.39 is 0 Å². The molecule has 2 aromatic heterocycles. The molecular weight excluding hydrogens is 276 g/mol. The second-order valence-electron chi connectivity index (χ2n) is 4.05. The van der Waals surface area contributed by atoms with Crippen molar-refractivity contribution in [2.24, 2.45) is 0 Å². The van der Waals surface area contributed by atoms with Gasteiger partial charge in [0.25, 0.3) is 0 Å². The minimum Gasteiger partial charge on any atom is -0.493 e. The molecule has 0 fully saturated rings. The van der Waals surface area contributed by atoms with E-state index in [4.69, 9.17) is 11.0 Å². The zero-order valence-electron chi connectivity index (χ0n) is 10.1. The van der Waals surface area contributed by atoms with E-state index in [1.807, 2.05) is 6.07 Å². The van der Waals surface area contributed by atoms with E-state index in [1.165, 1.54) is 16.6 Å². The van der Waals surface area contributed by atoms with Crippen LogP contribution in [0.5, 0.6) is 5.88 Å². The number of nitriles is 1. The number of nitrogen functional groups attached to an aromatic ring is 1. The summed E-state index contributed by atoms with van der Waals surface area (Å²) in [5.41, 5.74) is 6.43. The number of hydrogen-bond acceptors (Lipinski definition) is 6. The van der Waals surface area contributed by atoms with Crippen molar-refractivity contribution in [2.45, 2.75) is 0 Å². The van der Waals surface area contributed by atoms with Crippen molar-refractivity contribution < 1.29 is 9.90 Å². The molecule has 0 saturated carbocycles. The molecule has 1 aliphatic rings. The van der Waals surface area contributed by atoms with E-state index in [0.717, 1.165) is 11.3 Å². The molecule has 0 radical (unpaired) electrons. The van der Waals surface area contributed by atoms with Gasteiger partial charge in [0.1, 0.15) is 22.5 Å². The number of carbonyl (C=O) groups excluding carboxylic acids is 1. The third kappa shape index (κ3) is 1.71. The van der Waals surface area contributed by atoms with Crippen LogP contribution in [0.2, 0.25) is 0 Å². The topological polar surface area (TPSA) is 104 Å². The first-order valence-corrected chi connectivity index (χ1v) is 6.44. The Bertz CT molecular complexity index is 861. The lowest BCUT2D eigenvalue weighted by atomic mass is 10.1. The molecule has 3 N–H and O–H groups in total. The van der Waals surface area contributed by atoms with Crippen LogP contribution in [0.3, 0.4) is 0 Å². The minimum atomic E-state index is -0.182. The maximum Gasteiger partial charge on any atom is 0.226 e. The Morgan fingerprint density at radius 3 is 2.85 bits per heavy atom. The van der Waals surface area contributed by atoms with Crippen LogP contribution in [0.25, 0.3) is 11.0 Å². The monoisotopic (exact) mass is 284 g/mol. The van der Waals surface area contributed by atoms with Gasteiger partial charge in [-0.15, -0.1) is 0 Å². The SMILES string of the molecule is N#Cc1sc2nc(C=C3C=CC=CC3=O)c(O)n2c1N. The molecule has 0 atom stereocenters. The molecular formula is C13H8N4O2S. The molecule has 6 nitrogen and oxygen atoms in total. The molecule has 3 rings (SSSR count). The number of thiazole rings is 1. The predicted molar refractivity (Wildman–Crippen MR) is 75.1 cm³/mol. The van der Waals surface area contributed by atoms with Crippen LogP contribution in [-0.2, 0) is 4.79 Å². The van der Waals surface area contributed by atoms with Crippen molar-refractivity contribution in [3.8, 4) is 11.9 Å². The number of nitrogens with zero attached hydrogens (tertiary/aromatic N) is 3. The van der Waals surface area contributed by atoms with Crippen LogP contribution in [0.4, 0.5) is 5.82 Å². The summed E-state index contributed by atoms with van der Waals surface area (Å²) >= 11 is 1.08. The highest BCUT2D eigenvalue weighted by atomic mass is 32.1. The molecule has 20 heavy (non-hydrogen) atoms. The van der Waals surface area contributed by atoms with Gasteiger partial charge in [0.2, 0.25) is 5.88 Å². The molecule has 1 aliphatic carbocycles. The minimum absolute atomic E-state index is 0.146. The zero-order valence-corrected chi connectivity index (χ0v) is 10.9. The van der Waals surface area contributed by atoms with Gasteiger partial charge in [0, 0.05) is 5.57 Å². The van der Waals surface area contributed by atoms with E-state index >= 15 is 0 Å². The Morgan fingerprint density at radius 1 is 1.45 bits per heavy atom. The molecule has 0 aromatic carbocycles. The number of ketones is 1. The predicted octanol–water partition coefficient (Wildman–Crippen LogP) is 1.63. The van der Waals surface area contributed by atoms with Gasteiger partial charge < -0.3 is 10.8 Å². The molecule has 0 aliphatic heterocycles. The number of rotatable bonds is 1. The first kappa shape index (κ1) is 12.2. The summed E-state index contributed by atoms with van der Waals surface area (Å²) in [6.45, 7) is 0. The van der Waals surface area contributed by atoms with Crippen molar-refractivity contribution in [2.75, 3.05) is 5.73 Å². The van der Waals surface area contributed by atoms with Crippen LogP contribution in [0, 0.1) is 11.3 Å². The van der Waals surface area contributed by atoms with Crippen molar-refractivity contribution in [3.05, 3.63) is 40.4 Å². The number of imidazole rings is 1. The van der Waals surface area contributed by atoms with Gasteiger partial charge in [-0.3, -0.25) is 4.79 Å². The fourth-order valence-electron chi connectivity index (χ4n) is 1.86. The fraction of sp³-hybridized carbons (Fsp3) is 0. The first-order valence-electron chi connectivity index (χ1n) is 5.62. The van der Waals surface area contributed by atoms with Crippen molar-refractivity contribution in [1.82, 2.24) is 9.38 Å². The fourth-order valence-corrected chi connectivity index (χ4v) is 2.71. The normalized spacial score (nSPS) is 16.1. The van der Waals surface area contributed by atoms with E-state index in [2.05, 4.69) is 4.98 Å². The number of fused-ring (bicyclic) bond motifs is 1. The van der Waals surface area contributed by atoms with Crippen LogP contribution >= 0.6 is 11.3 Å². The number of aromatic nitrogens is 2.